The van der Waals surface area contributed by atoms with E-state index < -0.39 is 37.7 Å². The van der Waals surface area contributed by atoms with Gasteiger partial charge in [-0.1, -0.05) is 0 Å². The highest BCUT2D eigenvalue weighted by Crippen LogP contribution is 2.47. The minimum Gasteiger partial charge on any atom is -0.421 e. The molecular formula is C8H3ClF4O4S. The number of hydrogen-bond donors (Lipinski definition) is 0. The highest BCUT2D eigenvalue weighted by Gasteiger charge is 2.65. The molecule has 1 heterocycles. The highest BCUT2D eigenvalue weighted by molar-refractivity contribution is 8.13. The molecule has 0 unspecified atom stereocenters. The maximum atomic E-state index is 12.8. The Morgan fingerprint density at radius 1 is 1.00 bits per heavy atom. The first-order valence-electron chi connectivity index (χ1n) is 4.25. The van der Waals surface area contributed by atoms with Crippen LogP contribution in [0.1, 0.15) is 0 Å². The third kappa shape index (κ3) is 2.07. The van der Waals surface area contributed by atoms with Gasteiger partial charge in [-0.2, -0.15) is 17.6 Å². The molecule has 4 nitrogen and oxygen atoms in total. The monoisotopic (exact) mass is 306 g/mol. The zero-order valence-electron chi connectivity index (χ0n) is 8.16. The number of halogens is 5. The predicted octanol–water partition coefficient (Wildman–Crippen LogP) is 2.57. The topological polar surface area (TPSA) is 52.6 Å². The van der Waals surface area contributed by atoms with Gasteiger partial charge in [0.25, 0.3) is 9.05 Å². The van der Waals surface area contributed by atoms with Crippen molar-refractivity contribution in [2.24, 2.45) is 0 Å². The van der Waals surface area contributed by atoms with E-state index in [4.69, 9.17) is 10.7 Å². The third-order valence-corrected chi connectivity index (χ3v) is 3.36. The summed E-state index contributed by atoms with van der Waals surface area (Å²) in [4.78, 5) is -0.576. The molecule has 18 heavy (non-hydrogen) atoms. The van der Waals surface area contributed by atoms with Crippen molar-refractivity contribution in [2.45, 2.75) is 17.1 Å². The quantitative estimate of drug-likeness (QED) is 0.591. The number of hydrogen-bond acceptors (Lipinski definition) is 4. The molecule has 1 aliphatic rings. The van der Waals surface area contributed by atoms with Crippen LogP contribution in [0.2, 0.25) is 0 Å². The Hall–Kier alpha value is -1.22. The average molecular weight is 307 g/mol. The standard InChI is InChI=1S/C8H3ClF4O4S/c9-18(14,15)4-1-2-5-6(3-4)17-8(12,13)7(10,11)16-5/h1-3H. The van der Waals surface area contributed by atoms with Gasteiger partial charge in [-0.15, -0.1) is 0 Å². The summed E-state index contributed by atoms with van der Waals surface area (Å²) in [5.41, 5.74) is 0. The fourth-order valence-electron chi connectivity index (χ4n) is 1.20. The van der Waals surface area contributed by atoms with E-state index in [1.165, 1.54) is 0 Å². The summed E-state index contributed by atoms with van der Waals surface area (Å²) in [7, 11) is 0.770. The SMILES string of the molecule is O=S(=O)(Cl)c1ccc2c(c1)OC(F)(F)C(F)(F)O2. The molecule has 0 bridgehead atoms. The number of rotatable bonds is 1. The summed E-state index contributed by atoms with van der Waals surface area (Å²) >= 11 is 0. The zero-order chi connectivity index (χ0) is 13.8. The summed E-state index contributed by atoms with van der Waals surface area (Å²) in [6, 6.07) is 2.14. The van der Waals surface area contributed by atoms with Crippen molar-refractivity contribution < 1.29 is 35.5 Å². The van der Waals surface area contributed by atoms with Gasteiger partial charge in [0, 0.05) is 16.7 Å². The molecule has 100 valence electrons. The van der Waals surface area contributed by atoms with Gasteiger partial charge < -0.3 is 9.47 Å². The highest BCUT2D eigenvalue weighted by atomic mass is 35.7. The van der Waals surface area contributed by atoms with E-state index in [0.717, 1.165) is 12.1 Å². The molecule has 0 aromatic heterocycles. The van der Waals surface area contributed by atoms with Crippen LogP contribution in [0.25, 0.3) is 0 Å². The van der Waals surface area contributed by atoms with Gasteiger partial charge >= 0.3 is 12.2 Å². The predicted molar refractivity (Wildman–Crippen MR) is 50.6 cm³/mol. The molecule has 0 fully saturated rings. The Bertz CT molecular complexity index is 601. The minimum absolute atomic E-state index is 0.570. The lowest BCUT2D eigenvalue weighted by Crippen LogP contribution is -2.52. The van der Waals surface area contributed by atoms with Crippen molar-refractivity contribution in [3.8, 4) is 11.5 Å². The smallest absolute Gasteiger partial charge is 0.421 e. The normalized spacial score (nSPS) is 20.5. The fourth-order valence-corrected chi connectivity index (χ4v) is 1.97. The van der Waals surface area contributed by atoms with Crippen molar-refractivity contribution in [1.82, 2.24) is 0 Å². The number of benzene rings is 1. The third-order valence-electron chi connectivity index (χ3n) is 2.01. The molecule has 0 spiro atoms. The molecule has 1 aliphatic heterocycles. The van der Waals surface area contributed by atoms with Crippen LogP contribution in [0, 0.1) is 0 Å². The van der Waals surface area contributed by atoms with Crippen molar-refractivity contribution in [3.63, 3.8) is 0 Å². The van der Waals surface area contributed by atoms with Crippen LogP contribution in [0.5, 0.6) is 11.5 Å². The van der Waals surface area contributed by atoms with Crippen LogP contribution in [-0.4, -0.2) is 20.6 Å². The van der Waals surface area contributed by atoms with Crippen molar-refractivity contribution >= 4 is 19.7 Å². The Balaban J connectivity index is 2.52. The lowest BCUT2D eigenvalue weighted by molar-refractivity contribution is -0.391. The van der Waals surface area contributed by atoms with Gasteiger partial charge in [0.2, 0.25) is 0 Å². The van der Waals surface area contributed by atoms with E-state index in [-0.39, 0.29) is 0 Å². The van der Waals surface area contributed by atoms with E-state index in [1.807, 2.05) is 0 Å². The molecule has 0 radical (unpaired) electrons. The lowest BCUT2D eigenvalue weighted by atomic mass is 10.3. The van der Waals surface area contributed by atoms with Crippen molar-refractivity contribution in [3.05, 3.63) is 18.2 Å². The van der Waals surface area contributed by atoms with Crippen molar-refractivity contribution in [2.75, 3.05) is 0 Å². The molecule has 0 saturated heterocycles. The first-order valence-corrected chi connectivity index (χ1v) is 6.56. The maximum absolute atomic E-state index is 12.8. The zero-order valence-corrected chi connectivity index (χ0v) is 9.74. The summed E-state index contributed by atoms with van der Waals surface area (Å²) in [5.74, 6) is -1.55. The van der Waals surface area contributed by atoms with Crippen LogP contribution in [0.4, 0.5) is 17.6 Å². The largest absolute Gasteiger partial charge is 0.507 e. The number of ether oxygens (including phenoxy) is 2. The Morgan fingerprint density at radius 3 is 2.00 bits per heavy atom. The van der Waals surface area contributed by atoms with Crippen molar-refractivity contribution in [1.29, 1.82) is 0 Å². The molecule has 1 aromatic carbocycles. The lowest BCUT2D eigenvalue weighted by Gasteiger charge is -2.31. The second-order valence-corrected chi connectivity index (χ2v) is 5.85. The van der Waals surface area contributed by atoms with Gasteiger partial charge in [0.1, 0.15) is 0 Å². The van der Waals surface area contributed by atoms with E-state index in [9.17, 15) is 26.0 Å². The second-order valence-electron chi connectivity index (χ2n) is 3.28. The summed E-state index contributed by atoms with van der Waals surface area (Å²) in [6.45, 7) is 0. The maximum Gasteiger partial charge on any atom is 0.507 e. The molecular weight excluding hydrogens is 304 g/mol. The Labute approximate surface area is 102 Å². The Kier molecular flexibility index (Phi) is 2.67. The molecule has 0 amide bonds. The van der Waals surface area contributed by atoms with Gasteiger partial charge in [-0.05, 0) is 12.1 Å². The van der Waals surface area contributed by atoms with E-state index >= 15 is 0 Å². The molecule has 10 heteroatoms. The van der Waals surface area contributed by atoms with Crippen LogP contribution in [-0.2, 0) is 9.05 Å². The average Bonchev–Trinajstić information content (AvgIpc) is 2.16. The fraction of sp³-hybridized carbons (Fsp3) is 0.250. The number of fused-ring (bicyclic) bond motifs is 1. The van der Waals surface area contributed by atoms with Gasteiger partial charge in [0.15, 0.2) is 11.5 Å². The van der Waals surface area contributed by atoms with E-state index in [0.29, 0.717) is 6.07 Å². The molecule has 0 saturated carbocycles. The first kappa shape index (κ1) is 13.2. The van der Waals surface area contributed by atoms with Gasteiger partial charge in [0.05, 0.1) is 4.90 Å². The van der Waals surface area contributed by atoms with Crippen LogP contribution < -0.4 is 9.47 Å². The molecule has 0 aliphatic carbocycles. The summed E-state index contributed by atoms with van der Waals surface area (Å²) in [6.07, 6.45) is -9.75. The van der Waals surface area contributed by atoms with E-state index in [1.54, 1.807) is 0 Å². The molecule has 1 aromatic rings. The van der Waals surface area contributed by atoms with Crippen LogP contribution in [0.15, 0.2) is 23.1 Å². The number of alkyl halides is 4. The van der Waals surface area contributed by atoms with Gasteiger partial charge in [-0.25, -0.2) is 8.42 Å². The minimum atomic E-state index is -4.91. The Morgan fingerprint density at radius 2 is 1.50 bits per heavy atom. The van der Waals surface area contributed by atoms with Crippen LogP contribution >= 0.6 is 10.7 Å². The summed E-state index contributed by atoms with van der Waals surface area (Å²) in [5, 5.41) is 0. The van der Waals surface area contributed by atoms with Crippen LogP contribution in [0.3, 0.4) is 0 Å². The van der Waals surface area contributed by atoms with E-state index in [2.05, 4.69) is 9.47 Å². The summed E-state index contributed by atoms with van der Waals surface area (Å²) < 4.78 is 80.5. The molecule has 0 atom stereocenters. The molecule has 2 rings (SSSR count). The van der Waals surface area contributed by atoms with Gasteiger partial charge in [-0.3, -0.25) is 0 Å². The first-order chi connectivity index (χ1) is 8.03. The second kappa shape index (κ2) is 3.64. The molecule has 0 N–H and O–H groups in total.